The fourth-order valence-electron chi connectivity index (χ4n) is 4.66. The van der Waals surface area contributed by atoms with Crippen LogP contribution in [0.1, 0.15) is 30.1 Å². The lowest BCUT2D eigenvalue weighted by molar-refractivity contribution is 0.0731. The second-order valence-corrected chi connectivity index (χ2v) is 8.68. The second kappa shape index (κ2) is 9.99. The minimum Gasteiger partial charge on any atom is -0.497 e. The molecule has 35 heavy (non-hydrogen) atoms. The first-order chi connectivity index (χ1) is 17.1. The smallest absolute Gasteiger partial charge is 0.251 e. The van der Waals surface area contributed by atoms with Crippen LogP contribution in [0.15, 0.2) is 42.5 Å². The predicted molar refractivity (Wildman–Crippen MR) is 130 cm³/mol. The van der Waals surface area contributed by atoms with Gasteiger partial charge in [0.15, 0.2) is 11.5 Å². The van der Waals surface area contributed by atoms with E-state index >= 15 is 0 Å². The number of alkyl halides is 2. The molecule has 0 spiro atoms. The maximum Gasteiger partial charge on any atom is 0.251 e. The van der Waals surface area contributed by atoms with Gasteiger partial charge in [0, 0.05) is 36.0 Å². The first-order valence-corrected chi connectivity index (χ1v) is 11.7. The second-order valence-electron chi connectivity index (χ2n) is 8.68. The highest BCUT2D eigenvalue weighted by Crippen LogP contribution is 2.29. The van der Waals surface area contributed by atoms with Gasteiger partial charge in [-0.2, -0.15) is 4.52 Å². The number of nitrogens with one attached hydrogen (secondary N) is 1. The Labute approximate surface area is 201 Å². The molecule has 1 aliphatic heterocycles. The molecular formula is C25H28F2N6O2. The van der Waals surface area contributed by atoms with Gasteiger partial charge in [-0.25, -0.2) is 18.7 Å². The van der Waals surface area contributed by atoms with E-state index in [1.807, 2.05) is 42.5 Å². The number of halogens is 2. The van der Waals surface area contributed by atoms with Gasteiger partial charge < -0.3 is 14.8 Å². The maximum atomic E-state index is 13.0. The van der Waals surface area contributed by atoms with Gasteiger partial charge in [0.25, 0.3) is 6.43 Å². The van der Waals surface area contributed by atoms with E-state index in [1.54, 1.807) is 23.6 Å². The number of methoxy groups -OCH3 is 2. The lowest BCUT2D eigenvalue weighted by atomic mass is 9.97. The monoisotopic (exact) mass is 482 g/mol. The minimum absolute atomic E-state index is 0.00399. The molecular weight excluding hydrogens is 454 g/mol. The maximum absolute atomic E-state index is 13.0. The molecule has 2 aromatic heterocycles. The summed E-state index contributed by atoms with van der Waals surface area (Å²) >= 11 is 0. The molecule has 184 valence electrons. The number of benzene rings is 2. The zero-order chi connectivity index (χ0) is 24.4. The SMILES string of the molecule is COc1ccc(CNc2nc3ccccc3c3nc([C@@H]4CCCN(CC(F)F)C4)nn23)c(OC)c1. The molecule has 0 bridgehead atoms. The number of nitrogens with zero attached hydrogens (tertiary/aromatic N) is 5. The Balaban J connectivity index is 1.49. The molecule has 1 aliphatic rings. The molecule has 1 saturated heterocycles. The van der Waals surface area contributed by atoms with Crippen molar-refractivity contribution >= 4 is 22.5 Å². The third-order valence-corrected chi connectivity index (χ3v) is 6.39. The lowest BCUT2D eigenvalue weighted by Crippen LogP contribution is -2.37. The first kappa shape index (κ1) is 23.2. The molecule has 8 nitrogen and oxygen atoms in total. The standard InChI is InChI=1S/C25H28F2N6O2/c1-34-18-10-9-16(21(12-18)35-2)13-28-25-29-20-8-4-3-7-19(20)24-30-23(31-33(24)25)17-6-5-11-32(14-17)15-22(26)27/h3-4,7-10,12,17,22H,5-6,11,13-15H2,1-2H3,(H,28,29)/t17-/m1/s1. The molecule has 1 atom stereocenters. The molecule has 0 amide bonds. The van der Waals surface area contributed by atoms with E-state index in [4.69, 9.17) is 24.5 Å². The number of aromatic nitrogens is 4. The highest BCUT2D eigenvalue weighted by molar-refractivity contribution is 5.92. The summed E-state index contributed by atoms with van der Waals surface area (Å²) in [5.41, 5.74) is 2.43. The van der Waals surface area contributed by atoms with Crippen molar-refractivity contribution in [1.29, 1.82) is 0 Å². The number of fused-ring (bicyclic) bond motifs is 3. The summed E-state index contributed by atoms with van der Waals surface area (Å²) in [4.78, 5) is 11.5. The van der Waals surface area contributed by atoms with Crippen molar-refractivity contribution in [3.63, 3.8) is 0 Å². The zero-order valence-electron chi connectivity index (χ0n) is 19.7. The van der Waals surface area contributed by atoms with Gasteiger partial charge in [-0.15, -0.1) is 5.10 Å². The van der Waals surface area contributed by atoms with E-state index in [2.05, 4.69) is 5.32 Å². The highest BCUT2D eigenvalue weighted by Gasteiger charge is 2.27. The van der Waals surface area contributed by atoms with Crippen LogP contribution in [0.25, 0.3) is 16.6 Å². The molecule has 0 saturated carbocycles. The fraction of sp³-hybridized carbons (Fsp3) is 0.400. The predicted octanol–water partition coefficient (Wildman–Crippen LogP) is 4.35. The van der Waals surface area contributed by atoms with Crippen LogP contribution in [0.2, 0.25) is 0 Å². The summed E-state index contributed by atoms with van der Waals surface area (Å²) in [7, 11) is 3.24. The Hall–Kier alpha value is -3.53. The number of anilines is 1. The number of para-hydroxylation sites is 1. The number of hydrogen-bond acceptors (Lipinski definition) is 7. The third kappa shape index (κ3) is 4.84. The number of rotatable bonds is 8. The Morgan fingerprint density at radius 1 is 1.11 bits per heavy atom. The van der Waals surface area contributed by atoms with Crippen LogP contribution in [-0.2, 0) is 6.54 Å². The summed E-state index contributed by atoms with van der Waals surface area (Å²) < 4.78 is 38.4. The molecule has 5 rings (SSSR count). The number of likely N-dealkylation sites (tertiary alicyclic amines) is 1. The van der Waals surface area contributed by atoms with Crippen molar-refractivity contribution in [1.82, 2.24) is 24.5 Å². The van der Waals surface area contributed by atoms with E-state index in [0.29, 0.717) is 48.6 Å². The van der Waals surface area contributed by atoms with Crippen molar-refractivity contribution in [2.45, 2.75) is 31.7 Å². The van der Waals surface area contributed by atoms with Crippen molar-refractivity contribution in [3.05, 3.63) is 53.9 Å². The Kier molecular flexibility index (Phi) is 6.63. The van der Waals surface area contributed by atoms with Crippen LogP contribution >= 0.6 is 0 Å². The van der Waals surface area contributed by atoms with Crippen molar-refractivity contribution in [2.24, 2.45) is 0 Å². The van der Waals surface area contributed by atoms with Gasteiger partial charge in [-0.3, -0.25) is 4.90 Å². The highest BCUT2D eigenvalue weighted by atomic mass is 19.3. The lowest BCUT2D eigenvalue weighted by Gasteiger charge is -2.30. The molecule has 3 heterocycles. The number of ether oxygens (including phenoxy) is 2. The van der Waals surface area contributed by atoms with Crippen LogP contribution in [0.3, 0.4) is 0 Å². The van der Waals surface area contributed by atoms with Gasteiger partial charge in [0.2, 0.25) is 5.95 Å². The quantitative estimate of drug-likeness (QED) is 0.400. The van der Waals surface area contributed by atoms with Crippen LogP contribution in [0.5, 0.6) is 11.5 Å². The summed E-state index contributed by atoms with van der Waals surface area (Å²) in [5.74, 6) is 2.62. The molecule has 0 aliphatic carbocycles. The normalized spacial score (nSPS) is 16.8. The molecule has 10 heteroatoms. The number of piperidine rings is 1. The molecule has 4 aromatic rings. The van der Waals surface area contributed by atoms with Crippen LogP contribution in [-0.4, -0.2) is 64.8 Å². The Bertz CT molecular complexity index is 1330. The third-order valence-electron chi connectivity index (χ3n) is 6.39. The van der Waals surface area contributed by atoms with E-state index in [0.717, 1.165) is 29.3 Å². The van der Waals surface area contributed by atoms with Gasteiger partial charge in [-0.05, 0) is 43.7 Å². The van der Waals surface area contributed by atoms with Crippen LogP contribution in [0, 0.1) is 0 Å². The zero-order valence-corrected chi connectivity index (χ0v) is 19.7. The van der Waals surface area contributed by atoms with Crippen LogP contribution < -0.4 is 14.8 Å². The largest absolute Gasteiger partial charge is 0.497 e. The van der Waals surface area contributed by atoms with E-state index < -0.39 is 6.43 Å². The minimum atomic E-state index is -2.35. The van der Waals surface area contributed by atoms with E-state index in [9.17, 15) is 8.78 Å². The summed E-state index contributed by atoms with van der Waals surface area (Å²) in [6, 6.07) is 13.4. The Morgan fingerprint density at radius 2 is 1.97 bits per heavy atom. The molecule has 1 N–H and O–H groups in total. The van der Waals surface area contributed by atoms with Crippen LogP contribution in [0.4, 0.5) is 14.7 Å². The van der Waals surface area contributed by atoms with Crippen molar-refractivity contribution < 1.29 is 18.3 Å². The van der Waals surface area contributed by atoms with Gasteiger partial charge in [0.1, 0.15) is 11.5 Å². The van der Waals surface area contributed by atoms with E-state index in [-0.39, 0.29) is 12.5 Å². The van der Waals surface area contributed by atoms with Crippen molar-refractivity contribution in [3.8, 4) is 11.5 Å². The van der Waals surface area contributed by atoms with Gasteiger partial charge in [-0.1, -0.05) is 12.1 Å². The molecule has 1 fully saturated rings. The average molecular weight is 483 g/mol. The number of hydrogen-bond donors (Lipinski definition) is 1. The average Bonchev–Trinajstić information content (AvgIpc) is 3.33. The van der Waals surface area contributed by atoms with Crippen molar-refractivity contribution in [2.75, 3.05) is 39.2 Å². The summed E-state index contributed by atoms with van der Waals surface area (Å²) in [5, 5.41) is 9.06. The fourth-order valence-corrected chi connectivity index (χ4v) is 4.66. The topological polar surface area (TPSA) is 76.8 Å². The summed E-state index contributed by atoms with van der Waals surface area (Å²) in [6.45, 7) is 1.44. The Morgan fingerprint density at radius 3 is 2.77 bits per heavy atom. The van der Waals surface area contributed by atoms with Gasteiger partial charge >= 0.3 is 0 Å². The van der Waals surface area contributed by atoms with Gasteiger partial charge in [0.05, 0.1) is 26.3 Å². The van der Waals surface area contributed by atoms with E-state index in [1.165, 1.54) is 0 Å². The summed E-state index contributed by atoms with van der Waals surface area (Å²) in [6.07, 6.45) is -0.635. The molecule has 0 unspecified atom stereocenters. The molecule has 2 aromatic carbocycles. The molecule has 0 radical (unpaired) electrons. The first-order valence-electron chi connectivity index (χ1n) is 11.7.